The van der Waals surface area contributed by atoms with Gasteiger partial charge in [0.1, 0.15) is 5.15 Å². The summed E-state index contributed by atoms with van der Waals surface area (Å²) in [5.41, 5.74) is 1.53. The van der Waals surface area contributed by atoms with Crippen LogP contribution in [0.3, 0.4) is 0 Å². The Morgan fingerprint density at radius 1 is 1.11 bits per heavy atom. The van der Waals surface area contributed by atoms with Gasteiger partial charge in [-0.3, -0.25) is 9.78 Å². The molecule has 0 unspecified atom stereocenters. The average Bonchev–Trinajstić information content (AvgIpc) is 2.97. The van der Waals surface area contributed by atoms with Crippen molar-refractivity contribution in [2.75, 3.05) is 11.4 Å². The van der Waals surface area contributed by atoms with Gasteiger partial charge in [-0.2, -0.15) is 5.10 Å². The standard InChI is InChI=1S/C18H12Cl3FN4O/c19-11-4-2-7-23-13(11)9-26-17(21)10-6-8-25(18(27)16(10)24-26)14-5-1-3-12(20)15(14)22/h1-5,7H,6,8-9H2. The van der Waals surface area contributed by atoms with Gasteiger partial charge < -0.3 is 4.90 Å². The van der Waals surface area contributed by atoms with Gasteiger partial charge in [0, 0.05) is 18.3 Å². The SMILES string of the molecule is O=C1c2nn(Cc3ncccc3Cl)c(Cl)c2CCN1c1cccc(Cl)c1F. The van der Waals surface area contributed by atoms with Crippen LogP contribution in [-0.2, 0) is 13.0 Å². The fourth-order valence-corrected chi connectivity index (χ4v) is 3.67. The van der Waals surface area contributed by atoms with Crippen molar-refractivity contribution in [1.29, 1.82) is 0 Å². The van der Waals surface area contributed by atoms with Gasteiger partial charge in [-0.25, -0.2) is 9.07 Å². The summed E-state index contributed by atoms with van der Waals surface area (Å²) in [4.78, 5) is 18.4. The number of anilines is 1. The smallest absolute Gasteiger partial charge is 0.279 e. The van der Waals surface area contributed by atoms with Gasteiger partial charge in [0.05, 0.1) is 28.0 Å². The van der Waals surface area contributed by atoms with Gasteiger partial charge in [-0.05, 0) is 30.7 Å². The summed E-state index contributed by atoms with van der Waals surface area (Å²) in [6, 6.07) is 7.98. The lowest BCUT2D eigenvalue weighted by Gasteiger charge is -2.26. The Bertz CT molecular complexity index is 1050. The molecule has 5 nitrogen and oxygen atoms in total. The molecular formula is C18H12Cl3FN4O. The minimum atomic E-state index is -0.637. The lowest BCUT2D eigenvalue weighted by atomic mass is 10.1. The van der Waals surface area contributed by atoms with E-state index in [0.29, 0.717) is 27.9 Å². The third-order valence-corrected chi connectivity index (χ3v) is 5.43. The van der Waals surface area contributed by atoms with E-state index >= 15 is 0 Å². The Balaban J connectivity index is 1.69. The molecule has 1 aliphatic heterocycles. The van der Waals surface area contributed by atoms with Crippen LogP contribution in [0.15, 0.2) is 36.5 Å². The number of hydrogen-bond donors (Lipinski definition) is 0. The molecule has 1 aromatic carbocycles. The van der Waals surface area contributed by atoms with Crippen molar-refractivity contribution in [2.24, 2.45) is 0 Å². The van der Waals surface area contributed by atoms with E-state index in [9.17, 15) is 9.18 Å². The van der Waals surface area contributed by atoms with Gasteiger partial charge in [-0.1, -0.05) is 40.9 Å². The molecule has 0 saturated carbocycles. The number of halogens is 4. The van der Waals surface area contributed by atoms with Crippen molar-refractivity contribution in [3.63, 3.8) is 0 Å². The topological polar surface area (TPSA) is 51.0 Å². The maximum atomic E-state index is 14.4. The second-order valence-corrected chi connectivity index (χ2v) is 7.16. The molecule has 0 N–H and O–H groups in total. The highest BCUT2D eigenvalue weighted by molar-refractivity contribution is 6.32. The summed E-state index contributed by atoms with van der Waals surface area (Å²) >= 11 is 18.4. The molecular weight excluding hydrogens is 414 g/mol. The minimum Gasteiger partial charge on any atom is -0.304 e. The van der Waals surface area contributed by atoms with Crippen LogP contribution in [0.4, 0.5) is 10.1 Å². The molecule has 4 rings (SSSR count). The number of carbonyl (C=O) groups is 1. The number of pyridine rings is 1. The number of hydrogen-bond acceptors (Lipinski definition) is 3. The van der Waals surface area contributed by atoms with E-state index < -0.39 is 11.7 Å². The summed E-state index contributed by atoms with van der Waals surface area (Å²) in [7, 11) is 0. The van der Waals surface area contributed by atoms with Crippen LogP contribution in [-0.4, -0.2) is 27.2 Å². The summed E-state index contributed by atoms with van der Waals surface area (Å²) < 4.78 is 15.8. The number of nitrogens with zero attached hydrogens (tertiary/aromatic N) is 4. The molecule has 0 aliphatic carbocycles. The zero-order valence-electron chi connectivity index (χ0n) is 13.8. The first-order chi connectivity index (χ1) is 13.0. The van der Waals surface area contributed by atoms with Crippen molar-refractivity contribution in [3.05, 3.63) is 74.5 Å². The van der Waals surface area contributed by atoms with Crippen LogP contribution >= 0.6 is 34.8 Å². The number of benzene rings is 1. The maximum absolute atomic E-state index is 14.4. The zero-order valence-corrected chi connectivity index (χ0v) is 16.1. The van der Waals surface area contributed by atoms with Crippen molar-refractivity contribution >= 4 is 46.4 Å². The van der Waals surface area contributed by atoms with Crippen LogP contribution < -0.4 is 4.90 Å². The highest BCUT2D eigenvalue weighted by atomic mass is 35.5. The molecule has 1 amide bonds. The third kappa shape index (κ3) is 3.18. The second-order valence-electron chi connectivity index (χ2n) is 5.99. The molecule has 9 heteroatoms. The average molecular weight is 426 g/mol. The molecule has 0 bridgehead atoms. The van der Waals surface area contributed by atoms with Gasteiger partial charge in [0.2, 0.25) is 0 Å². The molecule has 3 heterocycles. The Hall–Kier alpha value is -2.15. The van der Waals surface area contributed by atoms with Crippen LogP contribution in [0, 0.1) is 5.82 Å². The van der Waals surface area contributed by atoms with E-state index in [1.807, 2.05) is 0 Å². The van der Waals surface area contributed by atoms with Crippen molar-refractivity contribution in [3.8, 4) is 0 Å². The number of fused-ring (bicyclic) bond motifs is 1. The highest BCUT2D eigenvalue weighted by Crippen LogP contribution is 2.32. The molecule has 0 saturated heterocycles. The fourth-order valence-electron chi connectivity index (χ4n) is 3.04. The summed E-state index contributed by atoms with van der Waals surface area (Å²) in [6.45, 7) is 0.503. The first-order valence-corrected chi connectivity index (χ1v) is 9.21. The van der Waals surface area contributed by atoms with E-state index in [1.54, 1.807) is 24.4 Å². The molecule has 27 heavy (non-hydrogen) atoms. The third-order valence-electron chi connectivity index (χ3n) is 4.37. The van der Waals surface area contributed by atoms with Crippen molar-refractivity contribution in [1.82, 2.24) is 14.8 Å². The normalized spacial score (nSPS) is 13.8. The van der Waals surface area contributed by atoms with Crippen molar-refractivity contribution in [2.45, 2.75) is 13.0 Å². The Morgan fingerprint density at radius 3 is 2.67 bits per heavy atom. The first-order valence-electron chi connectivity index (χ1n) is 8.08. The maximum Gasteiger partial charge on any atom is 0.279 e. The van der Waals surface area contributed by atoms with E-state index in [2.05, 4.69) is 10.1 Å². The fraction of sp³-hybridized carbons (Fsp3) is 0.167. The van der Waals surface area contributed by atoms with Crippen LogP contribution in [0.25, 0.3) is 0 Å². The number of rotatable bonds is 3. The van der Waals surface area contributed by atoms with Crippen LogP contribution in [0.5, 0.6) is 0 Å². The second kappa shape index (κ2) is 7.11. The molecule has 0 spiro atoms. The zero-order chi connectivity index (χ0) is 19.1. The van der Waals surface area contributed by atoms with Crippen molar-refractivity contribution < 1.29 is 9.18 Å². The van der Waals surface area contributed by atoms with Crippen LogP contribution in [0.2, 0.25) is 15.2 Å². The lowest BCUT2D eigenvalue weighted by Crippen LogP contribution is -2.38. The van der Waals surface area contributed by atoms with Gasteiger partial charge in [-0.15, -0.1) is 0 Å². The number of amides is 1. The largest absolute Gasteiger partial charge is 0.304 e. The molecule has 138 valence electrons. The number of aromatic nitrogens is 3. The predicted octanol–water partition coefficient (Wildman–Crippen LogP) is 4.63. The Morgan fingerprint density at radius 2 is 1.89 bits per heavy atom. The summed E-state index contributed by atoms with van der Waals surface area (Å²) in [6.07, 6.45) is 2.06. The first kappa shape index (κ1) is 18.2. The molecule has 3 aromatic rings. The van der Waals surface area contributed by atoms with E-state index in [1.165, 1.54) is 21.7 Å². The predicted molar refractivity (Wildman–Crippen MR) is 102 cm³/mol. The van der Waals surface area contributed by atoms with Gasteiger partial charge >= 0.3 is 0 Å². The van der Waals surface area contributed by atoms with E-state index in [-0.39, 0.29) is 29.5 Å². The summed E-state index contributed by atoms with van der Waals surface area (Å²) in [5, 5.41) is 5.13. The molecule has 0 atom stereocenters. The minimum absolute atomic E-state index is 0.0422. The number of carbonyl (C=O) groups excluding carboxylic acids is 1. The van der Waals surface area contributed by atoms with E-state index in [0.717, 1.165) is 0 Å². The molecule has 0 radical (unpaired) electrons. The quantitative estimate of drug-likeness (QED) is 0.615. The Kier molecular flexibility index (Phi) is 4.80. The van der Waals surface area contributed by atoms with E-state index in [4.69, 9.17) is 34.8 Å². The van der Waals surface area contributed by atoms with Gasteiger partial charge in [0.15, 0.2) is 11.5 Å². The summed E-state index contributed by atoms with van der Waals surface area (Å²) in [5.74, 6) is -1.06. The molecule has 0 fully saturated rings. The highest BCUT2D eigenvalue weighted by Gasteiger charge is 2.33. The van der Waals surface area contributed by atoms with Gasteiger partial charge in [0.25, 0.3) is 5.91 Å². The lowest BCUT2D eigenvalue weighted by molar-refractivity contribution is 0.0974. The molecule has 1 aliphatic rings. The van der Waals surface area contributed by atoms with Crippen LogP contribution in [0.1, 0.15) is 21.7 Å². The Labute approximate surface area is 169 Å². The molecule has 2 aromatic heterocycles. The monoisotopic (exact) mass is 424 g/mol.